The minimum Gasteiger partial charge on any atom is -0.354 e. The fourth-order valence-electron chi connectivity index (χ4n) is 4.91. The van der Waals surface area contributed by atoms with E-state index in [1.807, 2.05) is 44.2 Å². The van der Waals surface area contributed by atoms with Crippen LogP contribution >= 0.6 is 34.8 Å². The van der Waals surface area contributed by atoms with Gasteiger partial charge in [-0.05, 0) is 54.8 Å². The third-order valence-corrected chi connectivity index (χ3v) is 10.4. The normalized spacial score (nSPS) is 11.9. The van der Waals surface area contributed by atoms with E-state index in [0.29, 0.717) is 17.1 Å². The quantitative estimate of drug-likeness (QED) is 0.137. The number of carbonyl (C=O) groups is 2. The zero-order valence-electron chi connectivity index (χ0n) is 25.6. The van der Waals surface area contributed by atoms with Gasteiger partial charge >= 0.3 is 0 Å². The van der Waals surface area contributed by atoms with Gasteiger partial charge in [0.1, 0.15) is 12.6 Å². The number of sulfonamides is 1. The summed E-state index contributed by atoms with van der Waals surface area (Å²) >= 11 is 19.4. The molecule has 1 unspecified atom stereocenters. The smallest absolute Gasteiger partial charge is 0.264 e. The topological polar surface area (TPSA) is 86.8 Å². The van der Waals surface area contributed by atoms with E-state index in [1.54, 1.807) is 42.5 Å². The van der Waals surface area contributed by atoms with Crippen LogP contribution in [0.2, 0.25) is 15.1 Å². The first-order valence-corrected chi connectivity index (χ1v) is 17.5. The van der Waals surface area contributed by atoms with Crippen LogP contribution in [0.25, 0.3) is 0 Å². The third-order valence-electron chi connectivity index (χ3n) is 7.49. The van der Waals surface area contributed by atoms with Crippen molar-refractivity contribution in [2.75, 3.05) is 17.4 Å². The SMILES string of the molecule is CCCCNC(=O)C(Cc1ccccc1)N(Cc1ccccc1Cl)C(=O)CN(c1cccc(Cl)c1Cl)S(=O)(=O)c1ccc(C)cc1. The van der Waals surface area contributed by atoms with Gasteiger partial charge in [0.05, 0.1) is 20.6 Å². The number of nitrogens with one attached hydrogen (secondary N) is 1. The van der Waals surface area contributed by atoms with Crippen LogP contribution < -0.4 is 9.62 Å². The zero-order chi connectivity index (χ0) is 33.3. The number of carbonyl (C=O) groups excluding carboxylic acids is 2. The molecule has 0 aliphatic heterocycles. The largest absolute Gasteiger partial charge is 0.354 e. The average Bonchev–Trinajstić information content (AvgIpc) is 3.04. The van der Waals surface area contributed by atoms with E-state index in [2.05, 4.69) is 5.32 Å². The van der Waals surface area contributed by atoms with E-state index < -0.39 is 28.5 Å². The first-order chi connectivity index (χ1) is 22.0. The molecule has 0 bridgehead atoms. The minimum atomic E-state index is -4.33. The second-order valence-corrected chi connectivity index (χ2v) is 13.9. The molecule has 2 amide bonds. The van der Waals surface area contributed by atoms with Crippen molar-refractivity contribution >= 4 is 62.3 Å². The van der Waals surface area contributed by atoms with E-state index in [9.17, 15) is 18.0 Å². The molecule has 0 radical (unpaired) electrons. The monoisotopic (exact) mass is 699 g/mol. The zero-order valence-corrected chi connectivity index (χ0v) is 28.7. The number of hydrogen-bond acceptors (Lipinski definition) is 4. The van der Waals surface area contributed by atoms with Gasteiger partial charge in [-0.3, -0.25) is 13.9 Å². The van der Waals surface area contributed by atoms with Gasteiger partial charge in [0.25, 0.3) is 10.0 Å². The standard InChI is InChI=1S/C35H36Cl3N3O4S/c1-3-4-21-39-35(43)32(22-26-11-6-5-7-12-26)40(23-27-13-8-9-14-29(27)36)33(42)24-41(31-16-10-15-30(37)34(31)38)46(44,45)28-19-17-25(2)18-20-28/h5-20,32H,3-4,21-24H2,1-2H3,(H,39,43). The van der Waals surface area contributed by atoms with Crippen LogP contribution in [0, 0.1) is 6.92 Å². The Balaban J connectivity index is 1.83. The highest BCUT2D eigenvalue weighted by Gasteiger charge is 2.35. The lowest BCUT2D eigenvalue weighted by Crippen LogP contribution is -2.53. The van der Waals surface area contributed by atoms with Crippen molar-refractivity contribution in [3.8, 4) is 0 Å². The Morgan fingerprint density at radius 3 is 2.15 bits per heavy atom. The van der Waals surface area contributed by atoms with Crippen molar-refractivity contribution in [1.29, 1.82) is 0 Å². The van der Waals surface area contributed by atoms with Crippen molar-refractivity contribution in [2.45, 2.75) is 50.6 Å². The molecule has 1 atom stereocenters. The maximum Gasteiger partial charge on any atom is 0.264 e. The Labute approximate surface area is 286 Å². The predicted octanol–water partition coefficient (Wildman–Crippen LogP) is 7.71. The summed E-state index contributed by atoms with van der Waals surface area (Å²) in [4.78, 5) is 29.8. The number of aryl methyl sites for hydroxylation is 1. The average molecular weight is 701 g/mol. The fraction of sp³-hybridized carbons (Fsp3) is 0.257. The Kier molecular flexibility index (Phi) is 12.5. The molecule has 7 nitrogen and oxygen atoms in total. The molecule has 0 heterocycles. The van der Waals surface area contributed by atoms with Crippen molar-refractivity contribution < 1.29 is 18.0 Å². The molecule has 0 fully saturated rings. The van der Waals surface area contributed by atoms with Crippen LogP contribution in [0.3, 0.4) is 0 Å². The van der Waals surface area contributed by atoms with E-state index in [4.69, 9.17) is 34.8 Å². The van der Waals surface area contributed by atoms with Crippen molar-refractivity contribution in [2.24, 2.45) is 0 Å². The maximum absolute atomic E-state index is 14.6. The number of hydrogen-bond donors (Lipinski definition) is 1. The van der Waals surface area contributed by atoms with Gasteiger partial charge in [-0.1, -0.05) is 120 Å². The lowest BCUT2D eigenvalue weighted by Gasteiger charge is -2.34. The summed E-state index contributed by atoms with van der Waals surface area (Å²) < 4.78 is 29.3. The molecule has 1 N–H and O–H groups in total. The Hall–Kier alpha value is -3.56. The summed E-state index contributed by atoms with van der Waals surface area (Å²) in [6.45, 7) is 3.59. The summed E-state index contributed by atoms with van der Waals surface area (Å²) in [7, 11) is -4.33. The first kappa shape index (κ1) is 35.3. The molecule has 4 aromatic rings. The highest BCUT2D eigenvalue weighted by Crippen LogP contribution is 2.36. The fourth-order valence-corrected chi connectivity index (χ4v) is 6.98. The summed E-state index contributed by atoms with van der Waals surface area (Å²) in [5, 5.41) is 3.48. The molecule has 0 saturated heterocycles. The Morgan fingerprint density at radius 2 is 1.48 bits per heavy atom. The van der Waals surface area contributed by atoms with Gasteiger partial charge in [-0.25, -0.2) is 8.42 Å². The third kappa shape index (κ3) is 8.82. The molecule has 0 aliphatic carbocycles. The molecule has 4 rings (SSSR count). The Bertz CT molecular complexity index is 1750. The highest BCUT2D eigenvalue weighted by atomic mass is 35.5. The first-order valence-electron chi connectivity index (χ1n) is 14.9. The molecule has 0 saturated carbocycles. The van der Waals surface area contributed by atoms with Crippen molar-refractivity contribution in [3.05, 3.63) is 129 Å². The second kappa shape index (κ2) is 16.3. The van der Waals surface area contributed by atoms with Crippen LogP contribution in [0.15, 0.2) is 102 Å². The molecule has 4 aromatic carbocycles. The molecule has 46 heavy (non-hydrogen) atoms. The molecule has 0 spiro atoms. The lowest BCUT2D eigenvalue weighted by molar-refractivity contribution is -0.140. The number of nitrogens with zero attached hydrogens (tertiary/aromatic N) is 2. The number of anilines is 1. The van der Waals surface area contributed by atoms with E-state index in [0.717, 1.165) is 28.3 Å². The minimum absolute atomic E-state index is 0.0246. The number of unbranched alkanes of at least 4 members (excludes halogenated alkanes) is 1. The molecule has 11 heteroatoms. The number of amides is 2. The van der Waals surface area contributed by atoms with Gasteiger partial charge in [0, 0.05) is 24.5 Å². The van der Waals surface area contributed by atoms with Gasteiger partial charge in [0.2, 0.25) is 11.8 Å². The van der Waals surface area contributed by atoms with Gasteiger partial charge in [0.15, 0.2) is 0 Å². The summed E-state index contributed by atoms with van der Waals surface area (Å²) in [6.07, 6.45) is 1.83. The van der Waals surface area contributed by atoms with Crippen molar-refractivity contribution in [1.82, 2.24) is 10.2 Å². The highest BCUT2D eigenvalue weighted by molar-refractivity contribution is 7.92. The molecular formula is C35H36Cl3N3O4S. The molecular weight excluding hydrogens is 665 g/mol. The number of benzene rings is 4. The summed E-state index contributed by atoms with van der Waals surface area (Å²) in [5.74, 6) is -0.982. The van der Waals surface area contributed by atoms with Crippen LogP contribution in [-0.2, 0) is 32.6 Å². The van der Waals surface area contributed by atoms with Crippen LogP contribution in [0.1, 0.15) is 36.5 Å². The van der Waals surface area contributed by atoms with Gasteiger partial charge < -0.3 is 10.2 Å². The lowest BCUT2D eigenvalue weighted by atomic mass is 10.0. The molecule has 0 aromatic heterocycles. The van der Waals surface area contributed by atoms with Crippen LogP contribution in [0.4, 0.5) is 5.69 Å². The van der Waals surface area contributed by atoms with Crippen molar-refractivity contribution in [3.63, 3.8) is 0 Å². The summed E-state index contributed by atoms with van der Waals surface area (Å²) in [5.41, 5.74) is 2.33. The van der Waals surface area contributed by atoms with Gasteiger partial charge in [-0.15, -0.1) is 0 Å². The van der Waals surface area contributed by atoms with Crippen LogP contribution in [-0.4, -0.2) is 44.3 Å². The number of rotatable bonds is 14. The van der Waals surface area contributed by atoms with Crippen LogP contribution in [0.5, 0.6) is 0 Å². The number of halogens is 3. The summed E-state index contributed by atoms with van der Waals surface area (Å²) in [6, 6.07) is 26.3. The molecule has 242 valence electrons. The Morgan fingerprint density at radius 1 is 0.826 bits per heavy atom. The van der Waals surface area contributed by atoms with E-state index in [-0.39, 0.29) is 39.5 Å². The van der Waals surface area contributed by atoms with E-state index >= 15 is 0 Å². The predicted molar refractivity (Wildman–Crippen MR) is 186 cm³/mol. The van der Waals surface area contributed by atoms with Gasteiger partial charge in [-0.2, -0.15) is 0 Å². The second-order valence-electron chi connectivity index (χ2n) is 10.9. The molecule has 0 aliphatic rings. The van der Waals surface area contributed by atoms with E-state index in [1.165, 1.54) is 29.2 Å². The maximum atomic E-state index is 14.6.